The molecule has 0 radical (unpaired) electrons. The van der Waals surface area contributed by atoms with Gasteiger partial charge in [-0.1, -0.05) is 27.7 Å². The molecular weight excluding hydrogens is 963 g/mol. The molecule has 0 amide bonds. The summed E-state index contributed by atoms with van der Waals surface area (Å²) in [6.07, 6.45) is 65.0. The summed E-state index contributed by atoms with van der Waals surface area (Å²) < 4.78 is 13.5. The van der Waals surface area contributed by atoms with Gasteiger partial charge in [-0.2, -0.15) is 0 Å². The minimum atomic E-state index is -4.26. The molecule has 0 aromatic rings. The van der Waals surface area contributed by atoms with Crippen LogP contribution in [0.5, 0.6) is 0 Å². The number of unbranched alkanes of at least 4 members (excludes halogenated alkanes) is 40. The molecule has 2 fully saturated rings. The molecule has 4 N–H and O–H groups in total. The zero-order valence-electron chi connectivity index (χ0n) is 51.9. The van der Waals surface area contributed by atoms with Crippen LogP contribution in [0.15, 0.2) is 0 Å². The van der Waals surface area contributed by atoms with E-state index in [0.717, 1.165) is 103 Å². The van der Waals surface area contributed by atoms with Gasteiger partial charge in [0.15, 0.2) is 0 Å². The fourth-order valence-corrected chi connectivity index (χ4v) is 19.8. The molecule has 0 spiro atoms. The second-order valence-electron chi connectivity index (χ2n) is 26.6. The monoisotopic (exact) mass is 1100 g/mol. The quantitative estimate of drug-likeness (QED) is 0.0358. The molecule has 0 aliphatic heterocycles. The molecule has 75 heavy (non-hydrogen) atoms. The summed E-state index contributed by atoms with van der Waals surface area (Å²) in [6, 6.07) is 0. The van der Waals surface area contributed by atoms with Crippen LogP contribution in [-0.4, -0.2) is 56.4 Å². The molecule has 452 valence electrons. The van der Waals surface area contributed by atoms with Gasteiger partial charge in [0.1, 0.15) is 0 Å². The molecule has 8 heteroatoms. The van der Waals surface area contributed by atoms with Crippen LogP contribution in [0.25, 0.3) is 0 Å². The van der Waals surface area contributed by atoms with Crippen molar-refractivity contribution < 1.29 is 28.6 Å². The molecule has 0 saturated heterocycles. The Balaban J connectivity index is 1.92. The number of rotatable bonds is 54. The predicted octanol–water partition coefficient (Wildman–Crippen LogP) is 23.0. The fourth-order valence-electron chi connectivity index (χ4n) is 13.7. The summed E-state index contributed by atoms with van der Waals surface area (Å²) >= 11 is 0. The topological polar surface area (TPSA) is 99.4 Å². The zero-order valence-corrected chi connectivity index (χ0v) is 53.7. The fraction of sp³-hybridized carbons (Fsp3) is 1.00. The molecule has 0 aromatic heterocycles. The molecule has 0 bridgehead atoms. The zero-order chi connectivity index (χ0) is 54.7. The van der Waals surface area contributed by atoms with Gasteiger partial charge in [-0.25, -0.2) is 0 Å². The predicted molar refractivity (Wildman–Crippen MR) is 335 cm³/mol. The van der Waals surface area contributed by atoms with Gasteiger partial charge < -0.3 is 0 Å². The maximum absolute atomic E-state index is 12.3. The van der Waals surface area contributed by atoms with Crippen LogP contribution in [-0.2, 0) is 9.05 Å². The van der Waals surface area contributed by atoms with E-state index >= 15 is 0 Å². The van der Waals surface area contributed by atoms with Crippen molar-refractivity contribution in [3.8, 4) is 0 Å². The minimum absolute atomic E-state index is 0.0574. The summed E-state index contributed by atoms with van der Waals surface area (Å²) in [5, 5.41) is 0. The van der Waals surface area contributed by atoms with Crippen molar-refractivity contribution in [2.75, 3.05) is 24.6 Å². The molecule has 2 aliphatic rings. The molecule has 0 atom stereocenters. The Labute approximate surface area is 470 Å². The molecule has 0 unspecified atom stereocenters. The summed E-state index contributed by atoms with van der Waals surface area (Å²) in [7, 11) is -8.51. The van der Waals surface area contributed by atoms with E-state index < -0.39 is 14.6 Å². The summed E-state index contributed by atoms with van der Waals surface area (Å²) in [6.45, 7) is 14.1. The number of hydrogen-bond donors (Lipinski definition) is 4. The third-order valence-electron chi connectivity index (χ3n) is 19.1. The molecule has 2 aliphatic carbocycles. The van der Waals surface area contributed by atoms with Crippen molar-refractivity contribution >= 4 is 14.6 Å². The molecular formula is C67H138O6P2. The van der Waals surface area contributed by atoms with Gasteiger partial charge in [0.2, 0.25) is 0 Å². The van der Waals surface area contributed by atoms with Crippen LogP contribution in [0.1, 0.15) is 375 Å². The van der Waals surface area contributed by atoms with Crippen LogP contribution < -0.4 is 0 Å². The Morgan fingerprint density at radius 1 is 0.267 bits per heavy atom. The third kappa shape index (κ3) is 36.0. The maximum atomic E-state index is 12.3. The molecule has 6 nitrogen and oxygen atoms in total. The van der Waals surface area contributed by atoms with Gasteiger partial charge in [0.25, 0.3) is 0 Å². The Kier molecular flexibility index (Phi) is 41.4. The summed E-state index contributed by atoms with van der Waals surface area (Å²) in [5.74, 6) is 1.16. The van der Waals surface area contributed by atoms with E-state index in [4.69, 9.17) is 9.05 Å². The van der Waals surface area contributed by atoms with E-state index in [0.29, 0.717) is 36.5 Å². The van der Waals surface area contributed by atoms with E-state index in [-0.39, 0.29) is 17.6 Å². The second kappa shape index (κ2) is 43.3. The number of hydrogen-bond acceptors (Lipinski definition) is 6. The van der Waals surface area contributed by atoms with Crippen molar-refractivity contribution in [3.05, 3.63) is 0 Å². The van der Waals surface area contributed by atoms with Gasteiger partial charge in [-0.05, 0) is 0 Å². The molecule has 2 rings (SSSR count). The van der Waals surface area contributed by atoms with Crippen molar-refractivity contribution in [1.29, 1.82) is 0 Å². The molecule has 0 aromatic carbocycles. The average molecular weight is 1100 g/mol. The molecule has 2 saturated carbocycles. The second-order valence-corrected chi connectivity index (χ2v) is 34.0. The van der Waals surface area contributed by atoms with Crippen molar-refractivity contribution in [1.82, 2.24) is 0 Å². The Bertz CT molecular complexity index is 1120. The standard InChI is InChI=1S/C67H138O6P2/c1-7-11-15-19-23-27-31-35-39-43-47-59-74(68,69,60-48-44-40-36-32-28-24-20-16-12-8-2)72-65-55-51-63(52-56-65)67(5,6)64-53-57-66(58-54-64)73-75(70,71,61-49-45-41-37-33-29-25-21-17-13-9-3)62-50-46-42-38-34-30-26-22-18-14-10-4/h63-66,68-71H,7-62H2,1-6H3. The van der Waals surface area contributed by atoms with Crippen molar-refractivity contribution in [3.63, 3.8) is 0 Å². The van der Waals surface area contributed by atoms with Crippen LogP contribution in [0, 0.1) is 17.3 Å². The van der Waals surface area contributed by atoms with Crippen molar-refractivity contribution in [2.45, 2.75) is 388 Å². The van der Waals surface area contributed by atoms with Crippen LogP contribution in [0.2, 0.25) is 0 Å². The van der Waals surface area contributed by atoms with Gasteiger partial charge in [-0.15, -0.1) is 0 Å². The first-order valence-electron chi connectivity index (χ1n) is 34.6. The van der Waals surface area contributed by atoms with Gasteiger partial charge in [-0.3, -0.25) is 0 Å². The van der Waals surface area contributed by atoms with E-state index in [1.54, 1.807) is 0 Å². The van der Waals surface area contributed by atoms with Crippen LogP contribution in [0.4, 0.5) is 0 Å². The van der Waals surface area contributed by atoms with Gasteiger partial charge in [0, 0.05) is 0 Å². The first kappa shape index (κ1) is 71.7. The van der Waals surface area contributed by atoms with E-state index in [1.807, 2.05) is 0 Å². The van der Waals surface area contributed by atoms with E-state index in [9.17, 15) is 19.6 Å². The SMILES string of the molecule is CCCCCCCCCCCCCP(O)(O)(CCCCCCCCCCCCC)OC1CCC(C(C)(C)C2CCC(OP(O)(O)(CCCCCCCCCCCCC)CCCCCCCCCCCCC)CC2)CC1. The van der Waals surface area contributed by atoms with E-state index in [2.05, 4.69) is 41.5 Å². The van der Waals surface area contributed by atoms with E-state index in [1.165, 1.54) is 231 Å². The summed E-state index contributed by atoms with van der Waals surface area (Å²) in [4.78, 5) is 49.4. The van der Waals surface area contributed by atoms with Crippen LogP contribution in [0.3, 0.4) is 0 Å². The van der Waals surface area contributed by atoms with Gasteiger partial charge >= 0.3 is 445 Å². The average Bonchev–Trinajstić information content (AvgIpc) is 3.38. The Hall–Kier alpha value is 0.620. The van der Waals surface area contributed by atoms with Crippen molar-refractivity contribution in [2.24, 2.45) is 17.3 Å². The summed E-state index contributed by atoms with van der Waals surface area (Å²) in [5.41, 5.74) is 0.167. The first-order chi connectivity index (χ1) is 36.2. The Morgan fingerprint density at radius 3 is 0.600 bits per heavy atom. The molecule has 0 heterocycles. The normalized spacial score (nSPS) is 20.0. The Morgan fingerprint density at radius 2 is 0.427 bits per heavy atom. The van der Waals surface area contributed by atoms with Gasteiger partial charge in [0.05, 0.1) is 0 Å². The van der Waals surface area contributed by atoms with Crippen LogP contribution >= 0.6 is 14.6 Å². The first-order valence-corrected chi connectivity index (χ1v) is 39.4. The third-order valence-corrected chi connectivity index (χ3v) is 25.5.